The van der Waals surface area contributed by atoms with Crippen molar-refractivity contribution in [1.29, 1.82) is 0 Å². The normalized spacial score (nSPS) is 14.2. The van der Waals surface area contributed by atoms with Crippen LogP contribution >= 0.6 is 0 Å². The molecular weight excluding hydrogens is 504 g/mol. The molecule has 4 rings (SSSR count). The van der Waals surface area contributed by atoms with E-state index >= 15 is 0 Å². The summed E-state index contributed by atoms with van der Waals surface area (Å²) in [4.78, 5) is 17.3. The zero-order valence-electron chi connectivity index (χ0n) is 23.5. The average Bonchev–Trinajstić information content (AvgIpc) is 3.00. The molecule has 3 aromatic carbocycles. The van der Waals surface area contributed by atoms with E-state index in [1.807, 2.05) is 42.5 Å². The smallest absolute Gasteiger partial charge is 0.281 e. The summed E-state index contributed by atoms with van der Waals surface area (Å²) in [5, 5.41) is 23.2. The highest BCUT2D eigenvalue weighted by Crippen LogP contribution is 2.33. The molecule has 214 valence electrons. The predicted octanol–water partition coefficient (Wildman–Crippen LogP) is 5.27. The second kappa shape index (κ2) is 15.0. The number of rotatable bonds is 14. The van der Waals surface area contributed by atoms with Gasteiger partial charge in [-0.1, -0.05) is 80.8 Å². The largest absolute Gasteiger partial charge is 0.493 e. The number of carbonyl (C=O) groups excluding carboxylic acids is 1. The number of para-hydroxylation sites is 1. The summed E-state index contributed by atoms with van der Waals surface area (Å²) in [5.74, 6) is -2.64. The molecule has 7 nitrogen and oxygen atoms in total. The van der Waals surface area contributed by atoms with Gasteiger partial charge in [-0.25, -0.2) is 0 Å². The zero-order valence-corrected chi connectivity index (χ0v) is 23.5. The third kappa shape index (κ3) is 7.92. The molecule has 0 bridgehead atoms. The van der Waals surface area contributed by atoms with E-state index in [2.05, 4.69) is 11.8 Å². The maximum absolute atomic E-state index is 13.9. The molecule has 1 heterocycles. The van der Waals surface area contributed by atoms with Gasteiger partial charge in [-0.05, 0) is 48.2 Å². The summed E-state index contributed by atoms with van der Waals surface area (Å²) >= 11 is 0. The topological polar surface area (TPSA) is 82.5 Å². The Morgan fingerprint density at radius 3 is 2.27 bits per heavy atom. The average molecular weight is 547 g/mol. The van der Waals surface area contributed by atoms with Gasteiger partial charge in [-0.15, -0.1) is 0 Å². The van der Waals surface area contributed by atoms with E-state index in [4.69, 9.17) is 9.47 Å². The highest BCUT2D eigenvalue weighted by atomic mass is 16.5. The van der Waals surface area contributed by atoms with Gasteiger partial charge in [0.2, 0.25) is 0 Å². The van der Waals surface area contributed by atoms with E-state index in [1.54, 1.807) is 36.4 Å². The van der Waals surface area contributed by atoms with Crippen molar-refractivity contribution in [2.45, 2.75) is 44.9 Å². The van der Waals surface area contributed by atoms with E-state index < -0.39 is 11.8 Å². The molecule has 1 fully saturated rings. The Morgan fingerprint density at radius 1 is 0.875 bits per heavy atom. The number of carbonyl (C=O) groups is 1. The third-order valence-electron chi connectivity index (χ3n) is 7.32. The van der Waals surface area contributed by atoms with Gasteiger partial charge >= 0.3 is 0 Å². The number of amides is 1. The third-order valence-corrected chi connectivity index (χ3v) is 7.32. The van der Waals surface area contributed by atoms with Gasteiger partial charge in [0.1, 0.15) is 5.75 Å². The fraction of sp³-hybridized carbons (Fsp3) is 0.424. The second-order valence-corrected chi connectivity index (χ2v) is 10.2. The molecule has 0 aromatic heterocycles. The minimum atomic E-state index is -2.56. The maximum atomic E-state index is 13.9. The van der Waals surface area contributed by atoms with E-state index in [0.717, 1.165) is 61.3 Å². The van der Waals surface area contributed by atoms with Crippen molar-refractivity contribution < 1.29 is 24.5 Å². The van der Waals surface area contributed by atoms with Crippen LogP contribution in [0.5, 0.6) is 5.75 Å². The van der Waals surface area contributed by atoms with Crippen LogP contribution in [0.1, 0.15) is 54.9 Å². The first-order valence-electron chi connectivity index (χ1n) is 14.5. The fourth-order valence-electron chi connectivity index (χ4n) is 4.99. The van der Waals surface area contributed by atoms with Crippen LogP contribution < -0.4 is 4.74 Å². The predicted molar refractivity (Wildman–Crippen MR) is 157 cm³/mol. The number of unbranched alkanes of at least 4 members (excludes halogenated alkanes) is 3. The van der Waals surface area contributed by atoms with Gasteiger partial charge in [0.25, 0.3) is 11.8 Å². The fourth-order valence-corrected chi connectivity index (χ4v) is 4.99. The van der Waals surface area contributed by atoms with Crippen molar-refractivity contribution in [3.05, 3.63) is 90.0 Å². The Labute approximate surface area is 238 Å². The molecule has 1 aliphatic heterocycles. The summed E-state index contributed by atoms with van der Waals surface area (Å²) in [5.41, 5.74) is 2.58. The Balaban J connectivity index is 1.56. The van der Waals surface area contributed by atoms with Gasteiger partial charge in [-0.3, -0.25) is 14.6 Å². The second-order valence-electron chi connectivity index (χ2n) is 10.2. The molecule has 1 aliphatic rings. The number of benzene rings is 3. The number of morpholine rings is 1. The molecular formula is C33H42N2O5. The molecule has 0 spiro atoms. The van der Waals surface area contributed by atoms with Gasteiger partial charge < -0.3 is 19.7 Å². The summed E-state index contributed by atoms with van der Waals surface area (Å²) in [6, 6.07) is 24.1. The van der Waals surface area contributed by atoms with E-state index in [0.29, 0.717) is 37.6 Å². The lowest BCUT2D eigenvalue weighted by molar-refractivity contribution is -0.257. The molecule has 0 saturated carbocycles. The first kappa shape index (κ1) is 29.7. The van der Waals surface area contributed by atoms with Gasteiger partial charge in [-0.2, -0.15) is 0 Å². The van der Waals surface area contributed by atoms with E-state index in [1.165, 1.54) is 0 Å². The SMILES string of the molecule is CCCCCCOc1ccccc1C(O)(O)N(CCCN1CCOCC1)C(=O)c1ccc(-c2ccccc2)cc1. The van der Waals surface area contributed by atoms with Crippen LogP contribution in [0.25, 0.3) is 11.1 Å². The minimum absolute atomic E-state index is 0.158. The lowest BCUT2D eigenvalue weighted by Crippen LogP contribution is -2.51. The zero-order chi connectivity index (χ0) is 28.2. The Kier molecular flexibility index (Phi) is 11.1. The maximum Gasteiger partial charge on any atom is 0.281 e. The number of hydrogen-bond donors (Lipinski definition) is 2. The molecule has 0 aliphatic carbocycles. The van der Waals surface area contributed by atoms with Gasteiger partial charge in [0.05, 0.1) is 25.4 Å². The van der Waals surface area contributed by atoms with Crippen LogP contribution in [0.4, 0.5) is 0 Å². The summed E-state index contributed by atoms with van der Waals surface area (Å²) < 4.78 is 11.4. The molecule has 3 aromatic rings. The molecule has 2 N–H and O–H groups in total. The molecule has 0 atom stereocenters. The molecule has 40 heavy (non-hydrogen) atoms. The van der Waals surface area contributed by atoms with Crippen LogP contribution in [0.3, 0.4) is 0 Å². The molecule has 1 amide bonds. The minimum Gasteiger partial charge on any atom is -0.493 e. The first-order valence-corrected chi connectivity index (χ1v) is 14.5. The van der Waals surface area contributed by atoms with Crippen molar-refractivity contribution in [3.8, 4) is 16.9 Å². The summed E-state index contributed by atoms with van der Waals surface area (Å²) in [7, 11) is 0. The Hall–Kier alpha value is -3.23. The van der Waals surface area contributed by atoms with E-state index in [9.17, 15) is 15.0 Å². The highest BCUT2D eigenvalue weighted by Gasteiger charge is 2.40. The summed E-state index contributed by atoms with van der Waals surface area (Å²) in [6.07, 6.45) is 4.76. The van der Waals surface area contributed by atoms with Crippen molar-refractivity contribution in [1.82, 2.24) is 9.80 Å². The Morgan fingerprint density at radius 2 is 1.55 bits per heavy atom. The van der Waals surface area contributed by atoms with Crippen LogP contribution in [0.15, 0.2) is 78.9 Å². The lowest BCUT2D eigenvalue weighted by atomic mass is 10.0. The van der Waals surface area contributed by atoms with Crippen molar-refractivity contribution in [2.75, 3.05) is 46.0 Å². The number of ether oxygens (including phenoxy) is 2. The van der Waals surface area contributed by atoms with Gasteiger partial charge in [0.15, 0.2) is 0 Å². The van der Waals surface area contributed by atoms with Crippen molar-refractivity contribution in [2.24, 2.45) is 0 Å². The van der Waals surface area contributed by atoms with Crippen molar-refractivity contribution in [3.63, 3.8) is 0 Å². The molecule has 1 saturated heterocycles. The number of hydrogen-bond acceptors (Lipinski definition) is 6. The molecule has 0 unspecified atom stereocenters. The van der Waals surface area contributed by atoms with Crippen molar-refractivity contribution >= 4 is 5.91 Å². The monoisotopic (exact) mass is 546 g/mol. The van der Waals surface area contributed by atoms with E-state index in [-0.39, 0.29) is 12.1 Å². The Bertz CT molecular complexity index is 1180. The number of nitrogens with zero attached hydrogens (tertiary/aromatic N) is 2. The summed E-state index contributed by atoms with van der Waals surface area (Å²) in [6.45, 7) is 6.54. The lowest BCUT2D eigenvalue weighted by Gasteiger charge is -2.37. The van der Waals surface area contributed by atoms with Crippen LogP contribution in [-0.2, 0) is 10.6 Å². The highest BCUT2D eigenvalue weighted by molar-refractivity contribution is 5.95. The standard InChI is InChI=1S/C33H42N2O5/c1-2-3-4-10-24-40-31-15-9-8-14-30(31)33(37,38)35(21-11-20-34-22-25-39-26-23-34)32(36)29-18-16-28(17-19-29)27-12-6-5-7-13-27/h5-9,12-19,37-38H,2-4,10-11,20-26H2,1H3. The van der Waals surface area contributed by atoms with Crippen LogP contribution in [0, 0.1) is 0 Å². The molecule has 7 heteroatoms. The van der Waals surface area contributed by atoms with Crippen LogP contribution in [0.2, 0.25) is 0 Å². The van der Waals surface area contributed by atoms with Crippen LogP contribution in [-0.4, -0.2) is 71.9 Å². The quantitative estimate of drug-likeness (QED) is 0.212. The number of aliphatic hydroxyl groups is 2. The first-order chi connectivity index (χ1) is 19.5. The van der Waals surface area contributed by atoms with Gasteiger partial charge in [0, 0.05) is 31.7 Å². The molecule has 0 radical (unpaired) electrons.